The molecule has 2 N–H and O–H groups in total. The molecular formula is C12H23N3O. The maximum Gasteiger partial charge on any atom is 0.191 e. The van der Waals surface area contributed by atoms with E-state index in [1.165, 1.54) is 0 Å². The van der Waals surface area contributed by atoms with Crippen molar-refractivity contribution in [1.29, 1.82) is 0 Å². The monoisotopic (exact) mass is 225 g/mol. The van der Waals surface area contributed by atoms with E-state index in [1.807, 2.05) is 6.92 Å². The first-order valence-electron chi connectivity index (χ1n) is 6.06. The van der Waals surface area contributed by atoms with E-state index in [4.69, 9.17) is 4.74 Å². The molecule has 0 aliphatic heterocycles. The van der Waals surface area contributed by atoms with Crippen LogP contribution in [0.15, 0.2) is 17.1 Å². The molecule has 0 bridgehead atoms. The van der Waals surface area contributed by atoms with Gasteiger partial charge in [0.2, 0.25) is 0 Å². The van der Waals surface area contributed by atoms with E-state index >= 15 is 0 Å². The molecule has 0 saturated carbocycles. The molecule has 0 radical (unpaired) electrons. The largest absolute Gasteiger partial charge is 0.382 e. The fraction of sp³-hybridized carbons (Fsp3) is 0.750. The lowest BCUT2D eigenvalue weighted by atomic mass is 10.2. The zero-order valence-electron chi connectivity index (χ0n) is 10.3. The van der Waals surface area contributed by atoms with Crippen LogP contribution in [0, 0.1) is 0 Å². The van der Waals surface area contributed by atoms with Gasteiger partial charge in [-0.1, -0.05) is 12.2 Å². The maximum atomic E-state index is 5.27. The second kappa shape index (κ2) is 8.16. The van der Waals surface area contributed by atoms with Crippen molar-refractivity contribution in [2.75, 3.05) is 26.8 Å². The average molecular weight is 225 g/mol. The van der Waals surface area contributed by atoms with E-state index in [1.54, 1.807) is 7.05 Å². The Morgan fingerprint density at radius 1 is 1.44 bits per heavy atom. The van der Waals surface area contributed by atoms with Crippen LogP contribution in [0.25, 0.3) is 0 Å². The van der Waals surface area contributed by atoms with Crippen molar-refractivity contribution in [1.82, 2.24) is 10.6 Å². The molecule has 0 fully saturated rings. The maximum absolute atomic E-state index is 5.27. The smallest absolute Gasteiger partial charge is 0.191 e. The van der Waals surface area contributed by atoms with Gasteiger partial charge in [0.15, 0.2) is 5.96 Å². The molecule has 0 atom stereocenters. The van der Waals surface area contributed by atoms with Gasteiger partial charge in [-0.15, -0.1) is 0 Å². The van der Waals surface area contributed by atoms with Gasteiger partial charge in [0, 0.05) is 32.8 Å². The Morgan fingerprint density at radius 2 is 2.19 bits per heavy atom. The van der Waals surface area contributed by atoms with E-state index < -0.39 is 0 Å². The SMILES string of the molecule is CCOCCCNC(=NC)NC1CC=CC1. The first-order chi connectivity index (χ1) is 7.86. The number of hydrogen-bond donors (Lipinski definition) is 2. The van der Waals surface area contributed by atoms with Crippen LogP contribution in [-0.4, -0.2) is 38.8 Å². The van der Waals surface area contributed by atoms with E-state index in [0.29, 0.717) is 6.04 Å². The minimum atomic E-state index is 0.512. The van der Waals surface area contributed by atoms with Crippen LogP contribution < -0.4 is 10.6 Å². The van der Waals surface area contributed by atoms with Crippen molar-refractivity contribution >= 4 is 5.96 Å². The van der Waals surface area contributed by atoms with Gasteiger partial charge in [-0.2, -0.15) is 0 Å². The lowest BCUT2D eigenvalue weighted by Crippen LogP contribution is -2.42. The highest BCUT2D eigenvalue weighted by Crippen LogP contribution is 2.08. The predicted octanol–water partition coefficient (Wildman–Crippen LogP) is 1.30. The molecule has 4 nitrogen and oxygen atoms in total. The predicted molar refractivity (Wildman–Crippen MR) is 67.8 cm³/mol. The van der Waals surface area contributed by atoms with E-state index in [9.17, 15) is 0 Å². The molecule has 0 saturated heterocycles. The van der Waals surface area contributed by atoms with Gasteiger partial charge < -0.3 is 15.4 Å². The van der Waals surface area contributed by atoms with Crippen LogP contribution in [0.3, 0.4) is 0 Å². The van der Waals surface area contributed by atoms with E-state index in [0.717, 1.165) is 45.0 Å². The highest BCUT2D eigenvalue weighted by atomic mass is 16.5. The Kier molecular flexibility index (Phi) is 6.65. The summed E-state index contributed by atoms with van der Waals surface area (Å²) in [5.41, 5.74) is 0. The fourth-order valence-electron chi connectivity index (χ4n) is 1.65. The first kappa shape index (κ1) is 13.0. The molecule has 0 heterocycles. The molecule has 0 unspecified atom stereocenters. The molecule has 0 amide bonds. The van der Waals surface area contributed by atoms with Gasteiger partial charge in [-0.05, 0) is 26.2 Å². The molecule has 0 aromatic heterocycles. The van der Waals surface area contributed by atoms with Crippen molar-refractivity contribution in [2.45, 2.75) is 32.2 Å². The van der Waals surface area contributed by atoms with Crippen LogP contribution in [0.1, 0.15) is 26.2 Å². The third-order valence-electron chi connectivity index (χ3n) is 2.53. The summed E-state index contributed by atoms with van der Waals surface area (Å²) < 4.78 is 5.27. The van der Waals surface area contributed by atoms with Crippen LogP contribution in [0.5, 0.6) is 0 Å². The molecule has 1 rings (SSSR count). The van der Waals surface area contributed by atoms with Gasteiger partial charge in [0.1, 0.15) is 0 Å². The lowest BCUT2D eigenvalue weighted by molar-refractivity contribution is 0.145. The Morgan fingerprint density at radius 3 is 2.81 bits per heavy atom. The molecular weight excluding hydrogens is 202 g/mol. The first-order valence-corrected chi connectivity index (χ1v) is 6.06. The second-order valence-electron chi connectivity index (χ2n) is 3.83. The van der Waals surface area contributed by atoms with E-state index in [-0.39, 0.29) is 0 Å². The van der Waals surface area contributed by atoms with Crippen molar-refractivity contribution in [3.8, 4) is 0 Å². The van der Waals surface area contributed by atoms with Crippen LogP contribution >= 0.6 is 0 Å². The fourth-order valence-corrected chi connectivity index (χ4v) is 1.65. The summed E-state index contributed by atoms with van der Waals surface area (Å²) in [7, 11) is 1.81. The highest BCUT2D eigenvalue weighted by molar-refractivity contribution is 5.80. The van der Waals surface area contributed by atoms with Gasteiger partial charge in [-0.3, -0.25) is 4.99 Å². The summed E-state index contributed by atoms with van der Waals surface area (Å²) in [6.45, 7) is 4.52. The summed E-state index contributed by atoms with van der Waals surface area (Å²) in [6, 6.07) is 0.512. The van der Waals surface area contributed by atoms with Crippen molar-refractivity contribution < 1.29 is 4.74 Å². The molecule has 92 valence electrons. The molecule has 1 aliphatic rings. The highest BCUT2D eigenvalue weighted by Gasteiger charge is 2.10. The number of hydrogen-bond acceptors (Lipinski definition) is 2. The number of ether oxygens (including phenoxy) is 1. The molecule has 4 heteroatoms. The Bertz CT molecular complexity index is 230. The van der Waals surface area contributed by atoms with Gasteiger partial charge in [-0.25, -0.2) is 0 Å². The second-order valence-corrected chi connectivity index (χ2v) is 3.83. The summed E-state index contributed by atoms with van der Waals surface area (Å²) in [5, 5.41) is 6.68. The normalized spacial score (nSPS) is 16.8. The summed E-state index contributed by atoms with van der Waals surface area (Å²) in [5.74, 6) is 0.894. The molecule has 0 aromatic carbocycles. The number of rotatable bonds is 6. The molecule has 1 aliphatic carbocycles. The summed E-state index contributed by atoms with van der Waals surface area (Å²) >= 11 is 0. The van der Waals surface area contributed by atoms with Gasteiger partial charge >= 0.3 is 0 Å². The molecule has 16 heavy (non-hydrogen) atoms. The minimum Gasteiger partial charge on any atom is -0.382 e. The molecule has 0 aromatic rings. The summed E-state index contributed by atoms with van der Waals surface area (Å²) in [4.78, 5) is 4.20. The lowest BCUT2D eigenvalue weighted by Gasteiger charge is -2.16. The Hall–Kier alpha value is -1.03. The average Bonchev–Trinajstić information content (AvgIpc) is 2.80. The minimum absolute atomic E-state index is 0.512. The Labute approximate surface area is 98.2 Å². The zero-order valence-corrected chi connectivity index (χ0v) is 10.3. The number of nitrogens with zero attached hydrogens (tertiary/aromatic N) is 1. The number of guanidine groups is 1. The molecule has 0 spiro atoms. The van der Waals surface area contributed by atoms with Crippen molar-refractivity contribution in [3.05, 3.63) is 12.2 Å². The van der Waals surface area contributed by atoms with Crippen LogP contribution in [-0.2, 0) is 4.74 Å². The van der Waals surface area contributed by atoms with Crippen molar-refractivity contribution in [2.24, 2.45) is 4.99 Å². The standard InChI is InChI=1S/C12H23N3O/c1-3-16-10-6-9-14-12(13-2)15-11-7-4-5-8-11/h4-5,11H,3,6-10H2,1-2H3,(H2,13,14,15). The topological polar surface area (TPSA) is 45.6 Å². The Balaban J connectivity index is 2.07. The summed E-state index contributed by atoms with van der Waals surface area (Å²) in [6.07, 6.45) is 7.62. The number of nitrogens with one attached hydrogen (secondary N) is 2. The van der Waals surface area contributed by atoms with Crippen molar-refractivity contribution in [3.63, 3.8) is 0 Å². The van der Waals surface area contributed by atoms with Crippen LogP contribution in [0.4, 0.5) is 0 Å². The third kappa shape index (κ3) is 5.16. The quantitative estimate of drug-likeness (QED) is 0.310. The third-order valence-corrected chi connectivity index (χ3v) is 2.53. The van der Waals surface area contributed by atoms with E-state index in [2.05, 4.69) is 27.8 Å². The van der Waals surface area contributed by atoms with Crippen LogP contribution in [0.2, 0.25) is 0 Å². The number of aliphatic imine (C=N–C) groups is 1. The van der Waals surface area contributed by atoms with Gasteiger partial charge in [0.25, 0.3) is 0 Å². The van der Waals surface area contributed by atoms with Gasteiger partial charge in [0.05, 0.1) is 0 Å². The zero-order chi connectivity index (χ0) is 11.6.